The average Bonchev–Trinajstić information content (AvgIpc) is 2.96. The lowest BCUT2D eigenvalue weighted by Crippen LogP contribution is -2.34. The molecule has 1 aromatic heterocycles. The topological polar surface area (TPSA) is 68.3 Å². The summed E-state index contributed by atoms with van der Waals surface area (Å²) in [7, 11) is 0. The molecule has 0 bridgehead atoms. The van der Waals surface area contributed by atoms with Crippen LogP contribution in [0, 0.1) is 11.8 Å². The predicted octanol–water partition coefficient (Wildman–Crippen LogP) is 1.27. The molecule has 4 nitrogen and oxygen atoms in total. The second-order valence-electron chi connectivity index (χ2n) is 4.33. The van der Waals surface area contributed by atoms with Crippen LogP contribution in [0.25, 0.3) is 0 Å². The highest BCUT2D eigenvalue weighted by molar-refractivity contribution is 5.79. The molecule has 0 aromatic carbocycles. The summed E-state index contributed by atoms with van der Waals surface area (Å²) in [6, 6.07) is 3.68. The first-order valence-electron chi connectivity index (χ1n) is 5.81. The van der Waals surface area contributed by atoms with Gasteiger partial charge in [-0.3, -0.25) is 4.79 Å². The van der Waals surface area contributed by atoms with Gasteiger partial charge in [0.15, 0.2) is 0 Å². The highest BCUT2D eigenvalue weighted by Crippen LogP contribution is 2.30. The quantitative estimate of drug-likeness (QED) is 0.806. The van der Waals surface area contributed by atoms with Gasteiger partial charge in [0, 0.05) is 5.92 Å². The first kappa shape index (κ1) is 11.2. The third-order valence-electron chi connectivity index (χ3n) is 3.32. The van der Waals surface area contributed by atoms with Gasteiger partial charge >= 0.3 is 0 Å². The van der Waals surface area contributed by atoms with Crippen LogP contribution in [-0.4, -0.2) is 12.5 Å². The maximum absolute atomic E-state index is 11.9. The zero-order chi connectivity index (χ0) is 11.4. The summed E-state index contributed by atoms with van der Waals surface area (Å²) in [5.74, 6) is 1.36. The number of carbonyl (C=O) groups excluding carboxylic acids is 1. The van der Waals surface area contributed by atoms with E-state index in [9.17, 15) is 4.79 Å². The minimum atomic E-state index is 0.0972. The fourth-order valence-electron chi connectivity index (χ4n) is 2.38. The van der Waals surface area contributed by atoms with Gasteiger partial charge in [-0.25, -0.2) is 0 Å². The second kappa shape index (κ2) is 5.16. The van der Waals surface area contributed by atoms with Gasteiger partial charge < -0.3 is 15.5 Å². The number of amides is 1. The standard InChI is InChI=1S/C12H18N2O2/c13-7-9-3-1-5-11(9)12(15)14-8-10-4-2-6-16-10/h2,4,6,9,11H,1,3,5,7-8,13H2,(H,14,15). The molecule has 2 atom stereocenters. The summed E-state index contributed by atoms with van der Waals surface area (Å²) < 4.78 is 5.16. The monoisotopic (exact) mass is 222 g/mol. The van der Waals surface area contributed by atoms with Crippen molar-refractivity contribution >= 4 is 5.91 Å². The van der Waals surface area contributed by atoms with Gasteiger partial charge in [-0.15, -0.1) is 0 Å². The molecule has 1 saturated carbocycles. The Kier molecular flexibility index (Phi) is 3.62. The Hall–Kier alpha value is -1.29. The van der Waals surface area contributed by atoms with Crippen molar-refractivity contribution in [3.63, 3.8) is 0 Å². The van der Waals surface area contributed by atoms with Crippen molar-refractivity contribution in [3.05, 3.63) is 24.2 Å². The number of hydrogen-bond donors (Lipinski definition) is 2. The normalized spacial score (nSPS) is 24.6. The van der Waals surface area contributed by atoms with Gasteiger partial charge in [-0.1, -0.05) is 6.42 Å². The Morgan fingerprint density at radius 3 is 3.12 bits per heavy atom. The van der Waals surface area contributed by atoms with Crippen LogP contribution in [-0.2, 0) is 11.3 Å². The van der Waals surface area contributed by atoms with E-state index in [1.54, 1.807) is 6.26 Å². The summed E-state index contributed by atoms with van der Waals surface area (Å²) in [5, 5.41) is 2.90. The van der Waals surface area contributed by atoms with Crippen LogP contribution in [0.3, 0.4) is 0 Å². The van der Waals surface area contributed by atoms with Crippen molar-refractivity contribution in [3.8, 4) is 0 Å². The number of rotatable bonds is 4. The molecule has 1 aliphatic rings. The number of nitrogens with one attached hydrogen (secondary N) is 1. The Bertz CT molecular complexity index is 335. The molecule has 2 unspecified atom stereocenters. The van der Waals surface area contributed by atoms with Crippen LogP contribution in [0.15, 0.2) is 22.8 Å². The molecule has 0 spiro atoms. The molecule has 16 heavy (non-hydrogen) atoms. The molecular formula is C12H18N2O2. The van der Waals surface area contributed by atoms with E-state index in [1.807, 2.05) is 12.1 Å². The lowest BCUT2D eigenvalue weighted by Gasteiger charge is -2.16. The van der Waals surface area contributed by atoms with E-state index in [2.05, 4.69) is 5.32 Å². The van der Waals surface area contributed by atoms with Crippen molar-refractivity contribution in [2.45, 2.75) is 25.8 Å². The van der Waals surface area contributed by atoms with E-state index in [0.29, 0.717) is 19.0 Å². The molecule has 3 N–H and O–H groups in total. The number of carbonyl (C=O) groups is 1. The smallest absolute Gasteiger partial charge is 0.223 e. The lowest BCUT2D eigenvalue weighted by molar-refractivity contribution is -0.126. The molecule has 1 amide bonds. The largest absolute Gasteiger partial charge is 0.467 e. The van der Waals surface area contributed by atoms with Crippen molar-refractivity contribution in [2.75, 3.05) is 6.54 Å². The maximum atomic E-state index is 11.9. The molecule has 0 aliphatic heterocycles. The van der Waals surface area contributed by atoms with Gasteiger partial charge in [0.1, 0.15) is 5.76 Å². The second-order valence-corrected chi connectivity index (χ2v) is 4.33. The van der Waals surface area contributed by atoms with Crippen LogP contribution in [0.4, 0.5) is 0 Å². The number of hydrogen-bond acceptors (Lipinski definition) is 3. The van der Waals surface area contributed by atoms with Crippen LogP contribution in [0.2, 0.25) is 0 Å². The Morgan fingerprint density at radius 1 is 1.56 bits per heavy atom. The van der Waals surface area contributed by atoms with Crippen LogP contribution >= 0.6 is 0 Å². The van der Waals surface area contributed by atoms with E-state index in [4.69, 9.17) is 10.2 Å². The van der Waals surface area contributed by atoms with Crippen LogP contribution in [0.5, 0.6) is 0 Å². The molecule has 1 heterocycles. The highest BCUT2D eigenvalue weighted by Gasteiger charge is 2.31. The van der Waals surface area contributed by atoms with E-state index in [-0.39, 0.29) is 11.8 Å². The van der Waals surface area contributed by atoms with Crippen molar-refractivity contribution in [2.24, 2.45) is 17.6 Å². The van der Waals surface area contributed by atoms with Gasteiger partial charge in [0.25, 0.3) is 0 Å². The van der Waals surface area contributed by atoms with Gasteiger partial charge in [0.05, 0.1) is 12.8 Å². The van der Waals surface area contributed by atoms with E-state index in [0.717, 1.165) is 25.0 Å². The summed E-state index contributed by atoms with van der Waals surface area (Å²) in [5.41, 5.74) is 5.65. The summed E-state index contributed by atoms with van der Waals surface area (Å²) in [4.78, 5) is 11.9. The molecule has 88 valence electrons. The minimum absolute atomic E-state index is 0.0972. The van der Waals surface area contributed by atoms with E-state index in [1.165, 1.54) is 0 Å². The van der Waals surface area contributed by atoms with Gasteiger partial charge in [0.2, 0.25) is 5.91 Å². The zero-order valence-corrected chi connectivity index (χ0v) is 9.32. The summed E-state index contributed by atoms with van der Waals surface area (Å²) in [6.07, 6.45) is 4.77. The Morgan fingerprint density at radius 2 is 2.44 bits per heavy atom. The fraction of sp³-hybridized carbons (Fsp3) is 0.583. The van der Waals surface area contributed by atoms with Crippen molar-refractivity contribution in [1.29, 1.82) is 0 Å². The van der Waals surface area contributed by atoms with Crippen LogP contribution in [0.1, 0.15) is 25.0 Å². The van der Waals surface area contributed by atoms with Crippen LogP contribution < -0.4 is 11.1 Å². The summed E-state index contributed by atoms with van der Waals surface area (Å²) in [6.45, 7) is 1.08. The Balaban J connectivity index is 1.83. The molecule has 1 aromatic rings. The summed E-state index contributed by atoms with van der Waals surface area (Å²) >= 11 is 0. The third-order valence-corrected chi connectivity index (χ3v) is 3.32. The first-order chi connectivity index (χ1) is 7.81. The van der Waals surface area contributed by atoms with Gasteiger partial charge in [-0.05, 0) is 37.4 Å². The molecule has 2 rings (SSSR count). The molecule has 4 heteroatoms. The maximum Gasteiger partial charge on any atom is 0.223 e. The zero-order valence-electron chi connectivity index (χ0n) is 9.32. The third kappa shape index (κ3) is 2.44. The average molecular weight is 222 g/mol. The number of nitrogens with two attached hydrogens (primary N) is 1. The number of furan rings is 1. The molecule has 0 saturated heterocycles. The lowest BCUT2D eigenvalue weighted by atomic mass is 9.95. The van der Waals surface area contributed by atoms with E-state index >= 15 is 0 Å². The molecule has 0 radical (unpaired) electrons. The first-order valence-corrected chi connectivity index (χ1v) is 5.81. The fourth-order valence-corrected chi connectivity index (χ4v) is 2.38. The predicted molar refractivity (Wildman–Crippen MR) is 60.4 cm³/mol. The van der Waals surface area contributed by atoms with Crippen molar-refractivity contribution < 1.29 is 9.21 Å². The van der Waals surface area contributed by atoms with E-state index < -0.39 is 0 Å². The SMILES string of the molecule is NCC1CCCC1C(=O)NCc1ccco1. The van der Waals surface area contributed by atoms with Gasteiger partial charge in [-0.2, -0.15) is 0 Å². The Labute approximate surface area is 95.2 Å². The van der Waals surface area contributed by atoms with Crippen molar-refractivity contribution in [1.82, 2.24) is 5.32 Å². The molecular weight excluding hydrogens is 204 g/mol. The minimum Gasteiger partial charge on any atom is -0.467 e. The molecule has 1 fully saturated rings. The highest BCUT2D eigenvalue weighted by atomic mass is 16.3. The molecule has 1 aliphatic carbocycles.